The van der Waals surface area contributed by atoms with Crippen molar-refractivity contribution in [2.45, 2.75) is 15.6 Å². The van der Waals surface area contributed by atoms with Crippen molar-refractivity contribution in [1.29, 1.82) is 0 Å². The number of thiazole rings is 1. The number of furan rings is 1. The van der Waals surface area contributed by atoms with Crippen molar-refractivity contribution in [3.8, 4) is 0 Å². The van der Waals surface area contributed by atoms with Gasteiger partial charge in [-0.3, -0.25) is 19.3 Å². The highest BCUT2D eigenvalue weighted by Crippen LogP contribution is 2.41. The molecular weight excluding hydrogens is 563 g/mol. The molecule has 0 radical (unpaired) electrons. The summed E-state index contributed by atoms with van der Waals surface area (Å²) in [4.78, 5) is 54.7. The molecule has 3 aromatic rings. The van der Waals surface area contributed by atoms with Crippen molar-refractivity contribution < 1.29 is 29.1 Å². The Hall–Kier alpha value is -3.60. The molecule has 0 saturated carbocycles. The number of nitrogens with two attached hydrogens (primary N) is 1. The van der Waals surface area contributed by atoms with Crippen LogP contribution >= 0.6 is 46.2 Å². The number of nitrogen functional groups attached to an aromatic ring is 1. The second kappa shape index (κ2) is 10.0. The highest BCUT2D eigenvalue weighted by molar-refractivity contribution is 8.04. The number of amides is 2. The lowest BCUT2D eigenvalue weighted by atomic mass is 10.0. The molecule has 1 saturated heterocycles. The van der Waals surface area contributed by atoms with E-state index in [0.717, 1.165) is 16.2 Å². The number of rotatable bonds is 7. The van der Waals surface area contributed by atoms with Crippen LogP contribution in [0.4, 0.5) is 5.13 Å². The largest absolute Gasteiger partial charge is 0.477 e. The molecule has 2 atom stereocenters. The summed E-state index contributed by atoms with van der Waals surface area (Å²) in [6.45, 7) is 0. The van der Waals surface area contributed by atoms with Gasteiger partial charge >= 0.3 is 5.97 Å². The number of hydrogen-bond acceptors (Lipinski definition) is 13. The zero-order valence-corrected chi connectivity index (χ0v) is 21.6. The second-order valence-corrected chi connectivity index (χ2v) is 11.8. The van der Waals surface area contributed by atoms with E-state index >= 15 is 0 Å². The van der Waals surface area contributed by atoms with Crippen molar-refractivity contribution in [2.75, 3.05) is 11.5 Å². The minimum atomic E-state index is -1.28. The second-order valence-electron chi connectivity index (χ2n) is 7.52. The number of thioether (sulfide) groups is 2. The van der Waals surface area contributed by atoms with E-state index in [0.29, 0.717) is 14.5 Å². The molecule has 2 aliphatic heterocycles. The lowest BCUT2D eigenvalue weighted by Gasteiger charge is -2.49. The highest BCUT2D eigenvalue weighted by atomic mass is 32.2. The Kier molecular flexibility index (Phi) is 6.80. The van der Waals surface area contributed by atoms with Gasteiger partial charge in [-0.05, 0) is 23.1 Å². The van der Waals surface area contributed by atoms with Crippen molar-refractivity contribution in [2.24, 2.45) is 5.16 Å². The van der Waals surface area contributed by atoms with E-state index in [-0.39, 0.29) is 33.3 Å². The summed E-state index contributed by atoms with van der Waals surface area (Å²) in [5.74, 6) is -2.48. The van der Waals surface area contributed by atoms with E-state index in [1.165, 1.54) is 52.6 Å². The average molecular weight is 578 g/mol. The number of carbonyl (C=O) groups is 3. The zero-order chi connectivity index (χ0) is 26.3. The molecule has 190 valence electrons. The molecule has 5 rings (SSSR count). The van der Waals surface area contributed by atoms with Crippen LogP contribution in [0.2, 0.25) is 0 Å². The maximum absolute atomic E-state index is 12.9. The minimum Gasteiger partial charge on any atom is -0.477 e. The molecule has 0 aliphatic carbocycles. The third-order valence-corrected chi connectivity index (χ3v) is 9.33. The minimum absolute atomic E-state index is 0.0513. The Morgan fingerprint density at radius 1 is 1.38 bits per heavy atom. The molecule has 3 aromatic heterocycles. The molecule has 1 unspecified atom stereocenters. The predicted octanol–water partition coefficient (Wildman–Crippen LogP) is 2.12. The molecule has 12 nitrogen and oxygen atoms in total. The number of carboxylic acid groups (broad SMARTS) is 1. The number of aromatic nitrogens is 1. The van der Waals surface area contributed by atoms with Crippen LogP contribution in [0.1, 0.15) is 5.69 Å². The molecule has 16 heteroatoms. The molecular formula is C21H15N5O7S4. The summed E-state index contributed by atoms with van der Waals surface area (Å²) in [5, 5.41) is 27.2. The molecule has 2 aliphatic rings. The summed E-state index contributed by atoms with van der Waals surface area (Å²) in [6, 6.07) is 2.13. The Morgan fingerprint density at radius 2 is 2.19 bits per heavy atom. The van der Waals surface area contributed by atoms with Gasteiger partial charge in [0.1, 0.15) is 22.8 Å². The van der Waals surface area contributed by atoms with Gasteiger partial charge in [0.2, 0.25) is 5.43 Å². The van der Waals surface area contributed by atoms with Crippen LogP contribution in [-0.2, 0) is 14.4 Å². The summed E-state index contributed by atoms with van der Waals surface area (Å²) in [6.07, 6.45) is 3.04. The van der Waals surface area contributed by atoms with E-state index in [1.807, 2.05) is 0 Å². The van der Waals surface area contributed by atoms with Gasteiger partial charge in [-0.2, -0.15) is 0 Å². The van der Waals surface area contributed by atoms with E-state index in [1.54, 1.807) is 17.6 Å². The van der Waals surface area contributed by atoms with E-state index in [9.17, 15) is 29.5 Å². The number of fused-ring (bicyclic) bond motifs is 2. The van der Waals surface area contributed by atoms with E-state index in [4.69, 9.17) is 10.2 Å². The molecule has 37 heavy (non-hydrogen) atoms. The number of oxime groups is 1. The number of aliphatic carboxylic acids is 1. The average Bonchev–Trinajstić information content (AvgIpc) is 3.52. The Labute approximate surface area is 223 Å². The molecule has 0 aromatic carbocycles. The number of β-lactam (4-membered cyclic amide) rings is 1. The molecule has 2 amide bonds. The fourth-order valence-corrected chi connectivity index (χ4v) is 7.48. The summed E-state index contributed by atoms with van der Waals surface area (Å²) in [7, 11) is 0. The van der Waals surface area contributed by atoms with Crippen LogP contribution in [0.5, 0.6) is 0 Å². The number of hydrogen-bond donors (Lipinski definition) is 4. The topological polar surface area (TPSA) is 188 Å². The normalized spacial score (nSPS) is 19.8. The number of allylic oxidation sites excluding steroid dienone is 1. The fourth-order valence-electron chi connectivity index (χ4n) is 3.70. The SMILES string of the molecule is Nc1nc(/C(=N\O)C(=O)NC2C(=O)N3C(C(=O)O)=C(/C=C/Sc4cc(=O)c5occc5s4)CS[C@H]23)cs1. The number of carbonyl (C=O) groups excluding carboxylic acids is 2. The van der Waals surface area contributed by atoms with E-state index < -0.39 is 34.9 Å². The van der Waals surface area contributed by atoms with Crippen LogP contribution < -0.4 is 16.5 Å². The van der Waals surface area contributed by atoms with Crippen molar-refractivity contribution >= 4 is 85.1 Å². The van der Waals surface area contributed by atoms with Gasteiger partial charge < -0.3 is 25.8 Å². The van der Waals surface area contributed by atoms with Crippen LogP contribution in [0.25, 0.3) is 10.3 Å². The van der Waals surface area contributed by atoms with Gasteiger partial charge in [0.25, 0.3) is 11.8 Å². The van der Waals surface area contributed by atoms with Crippen molar-refractivity contribution in [3.05, 3.63) is 62.4 Å². The first-order valence-electron chi connectivity index (χ1n) is 10.3. The van der Waals surface area contributed by atoms with Gasteiger partial charge in [0, 0.05) is 17.2 Å². The number of carboxylic acids is 1. The molecule has 1 fully saturated rings. The highest BCUT2D eigenvalue weighted by Gasteiger charge is 2.54. The van der Waals surface area contributed by atoms with Gasteiger partial charge in [-0.25, -0.2) is 9.78 Å². The predicted molar refractivity (Wildman–Crippen MR) is 140 cm³/mol. The third kappa shape index (κ3) is 4.63. The quantitative estimate of drug-likeness (QED) is 0.106. The molecule has 0 bridgehead atoms. The summed E-state index contributed by atoms with van der Waals surface area (Å²) >= 11 is 4.93. The number of nitrogens with zero attached hydrogens (tertiary/aromatic N) is 3. The Morgan fingerprint density at radius 3 is 2.89 bits per heavy atom. The first-order chi connectivity index (χ1) is 17.8. The van der Waals surface area contributed by atoms with Crippen molar-refractivity contribution in [1.82, 2.24) is 15.2 Å². The molecule has 5 heterocycles. The Bertz CT molecular complexity index is 1590. The van der Waals surface area contributed by atoms with Crippen LogP contribution in [0, 0.1) is 0 Å². The van der Waals surface area contributed by atoms with Crippen LogP contribution in [-0.4, -0.2) is 60.9 Å². The molecule has 0 spiro atoms. The van der Waals surface area contributed by atoms with Gasteiger partial charge in [-0.1, -0.05) is 16.9 Å². The standard InChI is InChI=1S/C21H15N5O7S4/c22-21-23-9(7-36-21)13(25-32)17(28)24-14-18(29)26-15(20(30)31)8(6-35-19(14)26)2-4-34-12-5-10(27)16-11(37-12)1-3-33-16/h1-5,7,14,19,32H,6H2,(H2,22,23)(H,24,28)(H,30,31)/b4-2+,25-13+/t14?,19-/m1/s1. The Balaban J connectivity index is 1.31. The summed E-state index contributed by atoms with van der Waals surface area (Å²) < 4.78 is 6.56. The molecule has 5 N–H and O–H groups in total. The van der Waals surface area contributed by atoms with Crippen LogP contribution in [0.15, 0.2) is 65.1 Å². The van der Waals surface area contributed by atoms with Gasteiger partial charge in [0.05, 0.1) is 15.2 Å². The summed E-state index contributed by atoms with van der Waals surface area (Å²) in [5.41, 5.74) is 5.46. The monoisotopic (exact) mass is 577 g/mol. The van der Waals surface area contributed by atoms with Gasteiger partial charge in [0.15, 0.2) is 16.4 Å². The fraction of sp³-hybridized carbons (Fsp3) is 0.143. The number of nitrogens with one attached hydrogen (secondary N) is 1. The first-order valence-corrected chi connectivity index (χ1v) is 13.9. The smallest absolute Gasteiger partial charge is 0.352 e. The zero-order valence-electron chi connectivity index (χ0n) is 18.3. The third-order valence-electron chi connectivity index (χ3n) is 5.33. The van der Waals surface area contributed by atoms with Gasteiger partial charge in [-0.15, -0.1) is 34.4 Å². The first kappa shape index (κ1) is 25.1. The lowest BCUT2D eigenvalue weighted by molar-refractivity contribution is -0.150. The van der Waals surface area contributed by atoms with Crippen molar-refractivity contribution in [3.63, 3.8) is 0 Å². The number of anilines is 1. The maximum atomic E-state index is 12.9. The van der Waals surface area contributed by atoms with Crippen LogP contribution in [0.3, 0.4) is 0 Å². The van der Waals surface area contributed by atoms with E-state index in [2.05, 4.69) is 15.5 Å². The maximum Gasteiger partial charge on any atom is 0.352 e. The lowest BCUT2D eigenvalue weighted by Crippen LogP contribution is -2.71.